The molecule has 1 fully saturated rings. The highest BCUT2D eigenvalue weighted by atomic mass is 16.5. The van der Waals surface area contributed by atoms with Gasteiger partial charge in [-0.1, -0.05) is 18.1 Å². The minimum Gasteiger partial charge on any atom is -0.359 e. The van der Waals surface area contributed by atoms with Gasteiger partial charge in [0.1, 0.15) is 11.6 Å². The van der Waals surface area contributed by atoms with Crippen LogP contribution in [0.1, 0.15) is 31.1 Å². The van der Waals surface area contributed by atoms with Gasteiger partial charge in [0, 0.05) is 43.4 Å². The van der Waals surface area contributed by atoms with Crippen molar-refractivity contribution in [2.75, 3.05) is 23.3 Å². The number of nitrogens with one attached hydrogen (secondary N) is 1. The molecule has 0 aliphatic carbocycles. The number of fused-ring (bicyclic) bond motifs is 3. The Morgan fingerprint density at radius 1 is 1.50 bits per heavy atom. The lowest BCUT2D eigenvalue weighted by molar-refractivity contribution is 0.206. The number of nitrogens with zero attached hydrogens (tertiary/aromatic N) is 4. The van der Waals surface area contributed by atoms with Gasteiger partial charge in [-0.15, -0.1) is 0 Å². The molecule has 2 aliphatic heterocycles. The van der Waals surface area contributed by atoms with Crippen LogP contribution in [0, 0.1) is 0 Å². The first kappa shape index (κ1) is 15.0. The van der Waals surface area contributed by atoms with Crippen LogP contribution in [0.5, 0.6) is 0 Å². The molecule has 0 bridgehead atoms. The number of aryl methyl sites for hydroxylation is 1. The quantitative estimate of drug-likeness (QED) is 0.918. The van der Waals surface area contributed by atoms with Crippen molar-refractivity contribution in [2.45, 2.75) is 38.8 Å². The Morgan fingerprint density at radius 3 is 3.25 bits per heavy atom. The van der Waals surface area contributed by atoms with Gasteiger partial charge < -0.3 is 14.3 Å². The van der Waals surface area contributed by atoms with Crippen molar-refractivity contribution in [1.82, 2.24) is 15.0 Å². The van der Waals surface area contributed by atoms with Crippen LogP contribution in [-0.2, 0) is 13.0 Å². The van der Waals surface area contributed by atoms with Crippen LogP contribution in [0.15, 0.2) is 28.9 Å². The van der Waals surface area contributed by atoms with Crippen LogP contribution in [0.4, 0.5) is 16.4 Å². The van der Waals surface area contributed by atoms with E-state index in [-0.39, 0.29) is 6.03 Å². The molecule has 7 nitrogen and oxygen atoms in total. The Labute approximate surface area is 140 Å². The summed E-state index contributed by atoms with van der Waals surface area (Å²) in [5.41, 5.74) is 1.09. The molecule has 0 spiro atoms. The summed E-state index contributed by atoms with van der Waals surface area (Å²) >= 11 is 0. The van der Waals surface area contributed by atoms with E-state index in [9.17, 15) is 4.79 Å². The summed E-state index contributed by atoms with van der Waals surface area (Å²) in [5, 5.41) is 6.75. The number of urea groups is 1. The van der Waals surface area contributed by atoms with Crippen LogP contribution in [0.3, 0.4) is 0 Å². The Balaban J connectivity index is 1.56. The van der Waals surface area contributed by atoms with Crippen molar-refractivity contribution >= 4 is 17.7 Å². The third-order valence-electron chi connectivity index (χ3n) is 4.74. The zero-order valence-electron chi connectivity index (χ0n) is 13.7. The average Bonchev–Trinajstić information content (AvgIpc) is 3.21. The van der Waals surface area contributed by atoms with E-state index in [0.29, 0.717) is 24.9 Å². The van der Waals surface area contributed by atoms with E-state index in [0.717, 1.165) is 42.9 Å². The predicted octanol–water partition coefficient (Wildman–Crippen LogP) is 2.65. The third kappa shape index (κ3) is 2.70. The maximum Gasteiger partial charge on any atom is 0.323 e. The van der Waals surface area contributed by atoms with Crippen molar-refractivity contribution in [3.63, 3.8) is 0 Å². The smallest absolute Gasteiger partial charge is 0.323 e. The molecule has 24 heavy (non-hydrogen) atoms. The minimum atomic E-state index is -0.144. The minimum absolute atomic E-state index is 0.144. The molecule has 2 amide bonds. The normalized spacial score (nSPS) is 19.6. The molecule has 2 aromatic heterocycles. The molecule has 4 rings (SSSR count). The molecule has 4 heterocycles. The lowest BCUT2D eigenvalue weighted by Crippen LogP contribution is -2.42. The van der Waals surface area contributed by atoms with Gasteiger partial charge in [-0.2, -0.15) is 0 Å². The number of carbonyl (C=O) groups excluding carboxylic acids is 1. The molecule has 0 unspecified atom stereocenters. The first-order valence-electron chi connectivity index (χ1n) is 8.46. The van der Waals surface area contributed by atoms with E-state index < -0.39 is 0 Å². The highest BCUT2D eigenvalue weighted by Gasteiger charge is 2.34. The molecule has 7 heteroatoms. The third-order valence-corrected chi connectivity index (χ3v) is 4.74. The van der Waals surface area contributed by atoms with Crippen molar-refractivity contribution in [3.05, 3.63) is 35.7 Å². The zero-order chi connectivity index (χ0) is 16.5. The highest BCUT2D eigenvalue weighted by Crippen LogP contribution is 2.31. The van der Waals surface area contributed by atoms with Gasteiger partial charge in [-0.25, -0.2) is 9.78 Å². The van der Waals surface area contributed by atoms with E-state index in [2.05, 4.69) is 26.4 Å². The Morgan fingerprint density at radius 2 is 2.42 bits per heavy atom. The molecule has 0 aromatic carbocycles. The molecular formula is C17H21N5O2. The summed E-state index contributed by atoms with van der Waals surface area (Å²) in [6.45, 7) is 4.24. The second kappa shape index (κ2) is 6.14. The Bertz CT molecular complexity index is 744. The Hall–Kier alpha value is -2.57. The molecule has 1 N–H and O–H groups in total. The monoisotopic (exact) mass is 327 g/mol. The van der Waals surface area contributed by atoms with Gasteiger partial charge in [0.05, 0.1) is 6.54 Å². The second-order valence-corrected chi connectivity index (χ2v) is 6.32. The molecule has 0 saturated carbocycles. The topological polar surface area (TPSA) is 74.5 Å². The van der Waals surface area contributed by atoms with Crippen LogP contribution < -0.4 is 10.2 Å². The summed E-state index contributed by atoms with van der Waals surface area (Å²) in [7, 11) is 0. The molecule has 1 atom stereocenters. The zero-order valence-corrected chi connectivity index (χ0v) is 13.7. The van der Waals surface area contributed by atoms with Crippen molar-refractivity contribution in [2.24, 2.45) is 0 Å². The van der Waals surface area contributed by atoms with Gasteiger partial charge in [0.25, 0.3) is 0 Å². The van der Waals surface area contributed by atoms with E-state index in [1.807, 2.05) is 24.1 Å². The van der Waals surface area contributed by atoms with Gasteiger partial charge in [-0.3, -0.25) is 5.32 Å². The van der Waals surface area contributed by atoms with E-state index >= 15 is 0 Å². The predicted molar refractivity (Wildman–Crippen MR) is 89.9 cm³/mol. The van der Waals surface area contributed by atoms with E-state index in [4.69, 9.17) is 4.52 Å². The number of pyridine rings is 1. The molecule has 2 aliphatic rings. The van der Waals surface area contributed by atoms with Crippen molar-refractivity contribution in [3.8, 4) is 0 Å². The number of anilines is 2. The number of hydrogen-bond donors (Lipinski definition) is 1. The summed E-state index contributed by atoms with van der Waals surface area (Å²) in [4.78, 5) is 21.5. The second-order valence-electron chi connectivity index (χ2n) is 6.32. The highest BCUT2D eigenvalue weighted by molar-refractivity contribution is 5.88. The summed E-state index contributed by atoms with van der Waals surface area (Å²) in [5.74, 6) is 2.25. The molecular weight excluding hydrogens is 306 g/mol. The molecule has 2 aromatic rings. The SMILES string of the molecule is CCc1cc(NC(=O)N2Cc3cccnc3N3CCC[C@@H]3C2)no1. The maximum absolute atomic E-state index is 12.7. The lowest BCUT2D eigenvalue weighted by Gasteiger charge is -2.26. The molecule has 126 valence electrons. The van der Waals surface area contributed by atoms with E-state index in [1.54, 1.807) is 6.07 Å². The van der Waals surface area contributed by atoms with Crippen LogP contribution in [-0.4, -0.2) is 40.2 Å². The molecule has 0 radical (unpaired) electrons. The van der Waals surface area contributed by atoms with Crippen LogP contribution in [0.25, 0.3) is 0 Å². The fraction of sp³-hybridized carbons (Fsp3) is 0.471. The van der Waals surface area contributed by atoms with Crippen LogP contribution in [0.2, 0.25) is 0 Å². The average molecular weight is 327 g/mol. The first-order valence-corrected chi connectivity index (χ1v) is 8.46. The summed E-state index contributed by atoms with van der Waals surface area (Å²) < 4.78 is 5.15. The number of aromatic nitrogens is 2. The van der Waals surface area contributed by atoms with Gasteiger partial charge in [-0.05, 0) is 18.9 Å². The van der Waals surface area contributed by atoms with Crippen LogP contribution >= 0.6 is 0 Å². The first-order chi connectivity index (χ1) is 11.7. The van der Waals surface area contributed by atoms with E-state index in [1.165, 1.54) is 0 Å². The summed E-state index contributed by atoms with van der Waals surface area (Å²) in [6, 6.07) is 5.93. The largest absolute Gasteiger partial charge is 0.359 e. The number of amides is 2. The number of rotatable bonds is 2. The van der Waals surface area contributed by atoms with Crippen molar-refractivity contribution in [1.29, 1.82) is 0 Å². The fourth-order valence-electron chi connectivity index (χ4n) is 3.52. The number of carbonyl (C=O) groups is 1. The van der Waals surface area contributed by atoms with Gasteiger partial charge >= 0.3 is 6.03 Å². The Kier molecular flexibility index (Phi) is 3.84. The number of hydrogen-bond acceptors (Lipinski definition) is 5. The maximum atomic E-state index is 12.7. The standard InChI is InChI=1S/C17H21N5O2/c1-2-14-9-15(20-24-14)19-17(23)21-10-12-5-3-7-18-16(12)22-8-4-6-13(22)11-21/h3,5,7,9,13H,2,4,6,8,10-11H2,1H3,(H,19,20,23)/t13-/m1/s1. The molecule has 1 saturated heterocycles. The lowest BCUT2D eigenvalue weighted by atomic mass is 10.2. The van der Waals surface area contributed by atoms with Gasteiger partial charge in [0.15, 0.2) is 5.82 Å². The van der Waals surface area contributed by atoms with Crippen molar-refractivity contribution < 1.29 is 9.32 Å². The fourth-order valence-corrected chi connectivity index (χ4v) is 3.52. The van der Waals surface area contributed by atoms with Gasteiger partial charge in [0.2, 0.25) is 0 Å². The summed E-state index contributed by atoms with van der Waals surface area (Å²) in [6.07, 6.45) is 4.80.